The molecule has 0 saturated carbocycles. The van der Waals surface area contributed by atoms with Crippen LogP contribution in [-0.2, 0) is 11.4 Å². The highest BCUT2D eigenvalue weighted by Gasteiger charge is 2.21. The number of phenols is 1. The number of carboxylic acids is 1. The lowest BCUT2D eigenvalue weighted by Gasteiger charge is -2.13. The minimum absolute atomic E-state index is 0.0583. The number of benzene rings is 3. The Hall–Kier alpha value is -2.34. The van der Waals surface area contributed by atoms with Gasteiger partial charge in [0.05, 0.1) is 5.02 Å². The maximum atomic E-state index is 11.6. The summed E-state index contributed by atoms with van der Waals surface area (Å²) in [4.78, 5) is 12.4. The summed E-state index contributed by atoms with van der Waals surface area (Å²) < 4.78 is 5.70. The van der Waals surface area contributed by atoms with Gasteiger partial charge in [0.25, 0.3) is 0 Å². The fourth-order valence-corrected chi connectivity index (χ4v) is 3.95. The summed E-state index contributed by atoms with van der Waals surface area (Å²) in [5, 5.41) is 19.1. The SMILES string of the molecule is O=C(O)C(Sc1ccc(OCc2c(Cl)ccc(O)c2Cl)cc1)c1ccccc1. The molecule has 3 aromatic carbocycles. The van der Waals surface area contributed by atoms with E-state index in [1.54, 1.807) is 42.5 Å². The lowest BCUT2D eigenvalue weighted by atomic mass is 10.1. The van der Waals surface area contributed by atoms with Crippen LogP contribution in [0.5, 0.6) is 11.5 Å². The van der Waals surface area contributed by atoms with Gasteiger partial charge in [0, 0.05) is 15.5 Å². The Balaban J connectivity index is 1.68. The summed E-state index contributed by atoms with van der Waals surface area (Å²) >= 11 is 13.4. The second-order valence-electron chi connectivity index (χ2n) is 5.87. The lowest BCUT2D eigenvalue weighted by Crippen LogP contribution is -2.07. The van der Waals surface area contributed by atoms with Crippen LogP contribution in [0.25, 0.3) is 0 Å². The van der Waals surface area contributed by atoms with Crippen LogP contribution in [0.1, 0.15) is 16.4 Å². The summed E-state index contributed by atoms with van der Waals surface area (Å²) in [6, 6.07) is 19.1. The Bertz CT molecular complexity index is 962. The van der Waals surface area contributed by atoms with Gasteiger partial charge in [0.15, 0.2) is 0 Å². The monoisotopic (exact) mass is 434 g/mol. The van der Waals surface area contributed by atoms with Crippen molar-refractivity contribution >= 4 is 40.9 Å². The van der Waals surface area contributed by atoms with Gasteiger partial charge in [-0.15, -0.1) is 11.8 Å². The van der Waals surface area contributed by atoms with E-state index in [1.165, 1.54) is 17.8 Å². The molecule has 1 unspecified atom stereocenters. The van der Waals surface area contributed by atoms with Crippen LogP contribution >= 0.6 is 35.0 Å². The van der Waals surface area contributed by atoms with E-state index < -0.39 is 11.2 Å². The van der Waals surface area contributed by atoms with E-state index in [9.17, 15) is 15.0 Å². The number of ether oxygens (including phenoxy) is 1. The van der Waals surface area contributed by atoms with Crippen molar-refractivity contribution in [1.82, 2.24) is 0 Å². The third-order valence-electron chi connectivity index (χ3n) is 3.95. The first-order valence-electron chi connectivity index (χ1n) is 8.29. The standard InChI is InChI=1S/C21H16Cl2O4S/c22-17-10-11-18(24)19(23)16(17)12-27-14-6-8-15(9-7-14)28-20(21(25)26)13-4-2-1-3-5-13/h1-11,20,24H,12H2,(H,25,26). The number of hydrogen-bond donors (Lipinski definition) is 2. The van der Waals surface area contributed by atoms with Gasteiger partial charge >= 0.3 is 5.97 Å². The van der Waals surface area contributed by atoms with Crippen molar-refractivity contribution < 1.29 is 19.7 Å². The highest BCUT2D eigenvalue weighted by Crippen LogP contribution is 2.37. The minimum Gasteiger partial charge on any atom is -0.506 e. The van der Waals surface area contributed by atoms with Crippen molar-refractivity contribution in [3.05, 3.63) is 87.9 Å². The first-order chi connectivity index (χ1) is 13.5. The number of aromatic hydroxyl groups is 1. The molecule has 0 spiro atoms. The summed E-state index contributed by atoms with van der Waals surface area (Å²) in [7, 11) is 0. The molecule has 3 aromatic rings. The summed E-state index contributed by atoms with van der Waals surface area (Å²) in [5.74, 6) is -0.381. The van der Waals surface area contributed by atoms with Crippen LogP contribution in [0, 0.1) is 0 Å². The van der Waals surface area contributed by atoms with E-state index in [0.717, 1.165) is 10.5 Å². The maximum absolute atomic E-state index is 11.6. The molecule has 3 rings (SSSR count). The molecule has 1 atom stereocenters. The number of rotatable bonds is 7. The second kappa shape index (κ2) is 9.24. The molecule has 0 aliphatic carbocycles. The normalized spacial score (nSPS) is 11.8. The molecule has 0 aliphatic heterocycles. The van der Waals surface area contributed by atoms with Gasteiger partial charge in [-0.25, -0.2) is 0 Å². The number of carboxylic acid groups (broad SMARTS) is 1. The maximum Gasteiger partial charge on any atom is 0.321 e. The second-order valence-corrected chi connectivity index (χ2v) is 7.83. The molecular formula is C21H16Cl2O4S. The van der Waals surface area contributed by atoms with Crippen molar-refractivity contribution in [2.24, 2.45) is 0 Å². The third kappa shape index (κ3) is 4.93. The Morgan fingerprint density at radius 1 is 1.00 bits per heavy atom. The smallest absolute Gasteiger partial charge is 0.321 e. The molecule has 144 valence electrons. The van der Waals surface area contributed by atoms with Crippen LogP contribution in [0.15, 0.2) is 71.6 Å². The third-order valence-corrected chi connectivity index (χ3v) is 5.98. The van der Waals surface area contributed by atoms with E-state index in [2.05, 4.69) is 0 Å². The topological polar surface area (TPSA) is 66.8 Å². The van der Waals surface area contributed by atoms with Gasteiger partial charge in [-0.2, -0.15) is 0 Å². The summed E-state index contributed by atoms with van der Waals surface area (Å²) in [6.07, 6.45) is 0. The number of thioether (sulfide) groups is 1. The molecule has 28 heavy (non-hydrogen) atoms. The molecule has 0 saturated heterocycles. The molecule has 0 aliphatic rings. The van der Waals surface area contributed by atoms with Crippen LogP contribution in [-0.4, -0.2) is 16.2 Å². The van der Waals surface area contributed by atoms with E-state index in [4.69, 9.17) is 27.9 Å². The average Bonchev–Trinajstić information content (AvgIpc) is 2.70. The minimum atomic E-state index is -0.898. The van der Waals surface area contributed by atoms with Crippen molar-refractivity contribution in [1.29, 1.82) is 0 Å². The predicted octanol–water partition coefficient (Wildman–Crippen LogP) is 6.20. The average molecular weight is 435 g/mol. The van der Waals surface area contributed by atoms with Crippen LogP contribution in [0.2, 0.25) is 10.0 Å². The summed E-state index contributed by atoms with van der Waals surface area (Å²) in [6.45, 7) is 0.0975. The molecular weight excluding hydrogens is 419 g/mol. The van der Waals surface area contributed by atoms with Crippen molar-refractivity contribution in [2.75, 3.05) is 0 Å². The van der Waals surface area contributed by atoms with Crippen molar-refractivity contribution in [3.63, 3.8) is 0 Å². The molecule has 7 heteroatoms. The lowest BCUT2D eigenvalue weighted by molar-refractivity contribution is -0.136. The fourth-order valence-electron chi connectivity index (χ4n) is 2.51. The van der Waals surface area contributed by atoms with E-state index in [0.29, 0.717) is 16.3 Å². The van der Waals surface area contributed by atoms with Gasteiger partial charge < -0.3 is 14.9 Å². The highest BCUT2D eigenvalue weighted by molar-refractivity contribution is 8.00. The predicted molar refractivity (Wildman–Crippen MR) is 112 cm³/mol. The first kappa shape index (κ1) is 20.4. The number of halogens is 2. The Labute approximate surface area is 176 Å². The van der Waals surface area contributed by atoms with Gasteiger partial charge in [-0.3, -0.25) is 4.79 Å². The van der Waals surface area contributed by atoms with Crippen LogP contribution < -0.4 is 4.74 Å². The Morgan fingerprint density at radius 2 is 1.68 bits per heavy atom. The van der Waals surface area contributed by atoms with Gasteiger partial charge in [-0.1, -0.05) is 53.5 Å². The zero-order valence-corrected chi connectivity index (χ0v) is 16.8. The van der Waals surface area contributed by atoms with Crippen LogP contribution in [0.4, 0.5) is 0 Å². The van der Waals surface area contributed by atoms with Gasteiger partial charge in [0.2, 0.25) is 0 Å². The largest absolute Gasteiger partial charge is 0.506 e. The highest BCUT2D eigenvalue weighted by atomic mass is 35.5. The number of hydrogen-bond acceptors (Lipinski definition) is 4. The number of carbonyl (C=O) groups is 1. The van der Waals surface area contributed by atoms with E-state index >= 15 is 0 Å². The number of phenolic OH excluding ortho intramolecular Hbond substituents is 1. The zero-order valence-electron chi connectivity index (χ0n) is 14.5. The fraction of sp³-hybridized carbons (Fsp3) is 0.0952. The summed E-state index contributed by atoms with van der Waals surface area (Å²) in [5.41, 5.74) is 1.23. The number of aliphatic carboxylic acids is 1. The first-order valence-corrected chi connectivity index (χ1v) is 9.92. The molecule has 2 N–H and O–H groups in total. The Kier molecular flexibility index (Phi) is 6.73. The molecule has 4 nitrogen and oxygen atoms in total. The quantitative estimate of drug-likeness (QED) is 0.433. The van der Waals surface area contributed by atoms with E-state index in [1.807, 2.05) is 18.2 Å². The molecule has 0 bridgehead atoms. The molecule has 0 heterocycles. The van der Waals surface area contributed by atoms with Gasteiger partial charge in [-0.05, 0) is 42.0 Å². The Morgan fingerprint density at radius 3 is 2.32 bits per heavy atom. The zero-order chi connectivity index (χ0) is 20.1. The molecule has 0 fully saturated rings. The van der Waals surface area contributed by atoms with Crippen LogP contribution in [0.3, 0.4) is 0 Å². The van der Waals surface area contributed by atoms with E-state index in [-0.39, 0.29) is 17.4 Å². The van der Waals surface area contributed by atoms with Crippen molar-refractivity contribution in [2.45, 2.75) is 16.8 Å². The molecule has 0 aromatic heterocycles. The van der Waals surface area contributed by atoms with Crippen molar-refractivity contribution in [3.8, 4) is 11.5 Å². The van der Waals surface area contributed by atoms with Gasteiger partial charge in [0.1, 0.15) is 23.4 Å². The molecule has 0 radical (unpaired) electrons. The molecule has 0 amide bonds.